The highest BCUT2D eigenvalue weighted by atomic mass is 35.5. The molecule has 0 unspecified atom stereocenters. The number of benzene rings is 2. The van der Waals surface area contributed by atoms with Crippen molar-refractivity contribution >= 4 is 44.2 Å². The minimum absolute atomic E-state index is 0.0302. The Balaban J connectivity index is 1.96. The Bertz CT molecular complexity index is 919. The largest absolute Gasteiger partial charge is 0.302 e. The third-order valence-corrected chi connectivity index (χ3v) is 6.02. The summed E-state index contributed by atoms with van der Waals surface area (Å²) in [4.78, 5) is 22.0. The molecule has 0 saturated heterocycles. The lowest BCUT2D eigenvalue weighted by molar-refractivity contribution is 0.0984. The first-order valence-electron chi connectivity index (χ1n) is 9.19. The van der Waals surface area contributed by atoms with E-state index in [2.05, 4.69) is 23.7 Å². The average Bonchev–Trinajstić information content (AvgIpc) is 3.11. The molecule has 1 heterocycles. The highest BCUT2D eigenvalue weighted by Crippen LogP contribution is 2.33. The molecule has 0 aliphatic rings. The van der Waals surface area contributed by atoms with Crippen molar-refractivity contribution in [3.8, 4) is 0 Å². The summed E-state index contributed by atoms with van der Waals surface area (Å²) in [6.45, 7) is 9.58. The van der Waals surface area contributed by atoms with Crippen LogP contribution in [-0.4, -0.2) is 42.0 Å². The Hall–Kier alpha value is -1.95. The number of carbonyl (C=O) groups excluding carboxylic acids is 1. The van der Waals surface area contributed by atoms with Gasteiger partial charge in [0.2, 0.25) is 0 Å². The van der Waals surface area contributed by atoms with Crippen molar-refractivity contribution in [2.45, 2.75) is 20.8 Å². The van der Waals surface area contributed by atoms with Crippen LogP contribution in [0.4, 0.5) is 5.13 Å². The summed E-state index contributed by atoms with van der Waals surface area (Å²) in [6, 6.07) is 13.4. The van der Waals surface area contributed by atoms with E-state index < -0.39 is 0 Å². The molecule has 0 fully saturated rings. The summed E-state index contributed by atoms with van der Waals surface area (Å²) >= 11 is 7.80. The predicted molar refractivity (Wildman–Crippen MR) is 115 cm³/mol. The maximum Gasteiger partial charge on any atom is 0.260 e. The molecule has 0 N–H and O–H groups in total. The molecule has 6 heteroatoms. The summed E-state index contributed by atoms with van der Waals surface area (Å²) in [5.74, 6) is -0.0302. The summed E-state index contributed by atoms with van der Waals surface area (Å²) < 4.78 is 0.988. The third kappa shape index (κ3) is 4.49. The second-order valence-electron chi connectivity index (χ2n) is 6.43. The molecule has 3 rings (SSSR count). The number of hydrogen-bond donors (Lipinski definition) is 0. The molecule has 0 spiro atoms. The monoisotopic (exact) mass is 401 g/mol. The highest BCUT2D eigenvalue weighted by Gasteiger charge is 2.22. The molecular formula is C21H24ClN3OS. The molecule has 4 nitrogen and oxygen atoms in total. The minimum Gasteiger partial charge on any atom is -0.302 e. The SMILES string of the molecule is CCN(CC)CCN(C(=O)c1ccc(C)cc1)c1nc2c(Cl)cccc2s1. The number of aryl methyl sites for hydroxylation is 1. The van der Waals surface area contributed by atoms with Crippen LogP contribution >= 0.6 is 22.9 Å². The number of likely N-dealkylation sites (N-methyl/N-ethyl adjacent to an activating group) is 1. The van der Waals surface area contributed by atoms with Crippen molar-refractivity contribution in [2.24, 2.45) is 0 Å². The van der Waals surface area contributed by atoms with E-state index in [1.807, 2.05) is 49.4 Å². The fraction of sp³-hybridized carbons (Fsp3) is 0.333. The zero-order valence-corrected chi connectivity index (χ0v) is 17.5. The number of thiazole rings is 1. The Labute approximate surface area is 169 Å². The topological polar surface area (TPSA) is 36.4 Å². The van der Waals surface area contributed by atoms with Crippen molar-refractivity contribution in [1.29, 1.82) is 0 Å². The van der Waals surface area contributed by atoms with E-state index in [9.17, 15) is 4.79 Å². The molecule has 0 bridgehead atoms. The van der Waals surface area contributed by atoms with Gasteiger partial charge in [0, 0.05) is 18.7 Å². The van der Waals surface area contributed by atoms with Gasteiger partial charge in [0.25, 0.3) is 5.91 Å². The van der Waals surface area contributed by atoms with Gasteiger partial charge in [0.05, 0.1) is 9.72 Å². The first-order chi connectivity index (χ1) is 13.0. The second kappa shape index (κ2) is 8.83. The van der Waals surface area contributed by atoms with Gasteiger partial charge < -0.3 is 4.90 Å². The maximum absolute atomic E-state index is 13.2. The molecule has 0 atom stereocenters. The Morgan fingerprint density at radius 2 is 1.78 bits per heavy atom. The van der Waals surface area contributed by atoms with E-state index in [0.717, 1.165) is 35.4 Å². The van der Waals surface area contributed by atoms with Crippen LogP contribution in [0.3, 0.4) is 0 Å². The molecule has 1 amide bonds. The molecular weight excluding hydrogens is 378 g/mol. The minimum atomic E-state index is -0.0302. The van der Waals surface area contributed by atoms with E-state index in [1.165, 1.54) is 11.3 Å². The van der Waals surface area contributed by atoms with Crippen molar-refractivity contribution in [1.82, 2.24) is 9.88 Å². The van der Waals surface area contributed by atoms with Crippen LogP contribution in [0.1, 0.15) is 29.8 Å². The van der Waals surface area contributed by atoms with E-state index in [0.29, 0.717) is 22.3 Å². The van der Waals surface area contributed by atoms with Gasteiger partial charge in [0.1, 0.15) is 5.52 Å². The number of halogens is 1. The van der Waals surface area contributed by atoms with Gasteiger partial charge in [-0.15, -0.1) is 0 Å². The van der Waals surface area contributed by atoms with Gasteiger partial charge in [-0.2, -0.15) is 0 Å². The van der Waals surface area contributed by atoms with E-state index in [-0.39, 0.29) is 5.91 Å². The van der Waals surface area contributed by atoms with Crippen molar-refractivity contribution in [3.05, 3.63) is 58.6 Å². The van der Waals surface area contributed by atoms with Gasteiger partial charge in [-0.1, -0.05) is 60.5 Å². The molecule has 0 saturated carbocycles. The summed E-state index contributed by atoms with van der Waals surface area (Å²) in [5.41, 5.74) is 2.56. The van der Waals surface area contributed by atoms with Crippen LogP contribution in [0.2, 0.25) is 5.02 Å². The van der Waals surface area contributed by atoms with Gasteiger partial charge in [-0.3, -0.25) is 9.69 Å². The van der Waals surface area contributed by atoms with Crippen LogP contribution in [0.25, 0.3) is 10.2 Å². The lowest BCUT2D eigenvalue weighted by Crippen LogP contribution is -2.38. The number of carbonyl (C=O) groups is 1. The summed E-state index contributed by atoms with van der Waals surface area (Å²) in [6.07, 6.45) is 0. The van der Waals surface area contributed by atoms with Crippen molar-refractivity contribution in [2.75, 3.05) is 31.1 Å². The van der Waals surface area contributed by atoms with E-state index >= 15 is 0 Å². The zero-order valence-electron chi connectivity index (χ0n) is 15.9. The zero-order chi connectivity index (χ0) is 19.4. The number of anilines is 1. The number of para-hydroxylation sites is 1. The predicted octanol–water partition coefficient (Wildman–Crippen LogP) is 5.25. The lowest BCUT2D eigenvalue weighted by Gasteiger charge is -2.24. The van der Waals surface area contributed by atoms with Crippen LogP contribution < -0.4 is 4.90 Å². The van der Waals surface area contributed by atoms with Crippen LogP contribution in [0, 0.1) is 6.92 Å². The quantitative estimate of drug-likeness (QED) is 0.542. The number of hydrogen-bond acceptors (Lipinski definition) is 4. The Kier molecular flexibility index (Phi) is 6.47. The maximum atomic E-state index is 13.2. The van der Waals surface area contributed by atoms with Crippen molar-refractivity contribution in [3.63, 3.8) is 0 Å². The molecule has 27 heavy (non-hydrogen) atoms. The fourth-order valence-corrected chi connectivity index (χ4v) is 4.23. The Morgan fingerprint density at radius 1 is 1.07 bits per heavy atom. The third-order valence-electron chi connectivity index (χ3n) is 4.67. The molecule has 0 aliphatic carbocycles. The van der Waals surface area contributed by atoms with Gasteiger partial charge in [-0.05, 0) is 44.3 Å². The Morgan fingerprint density at radius 3 is 2.41 bits per heavy atom. The second-order valence-corrected chi connectivity index (χ2v) is 7.85. The number of nitrogens with zero attached hydrogens (tertiary/aromatic N) is 3. The first-order valence-corrected chi connectivity index (χ1v) is 10.4. The number of rotatable bonds is 7. The number of aromatic nitrogens is 1. The van der Waals surface area contributed by atoms with E-state index in [1.54, 1.807) is 4.90 Å². The van der Waals surface area contributed by atoms with Gasteiger partial charge >= 0.3 is 0 Å². The van der Waals surface area contributed by atoms with Crippen molar-refractivity contribution < 1.29 is 4.79 Å². The molecule has 1 aromatic heterocycles. The summed E-state index contributed by atoms with van der Waals surface area (Å²) in [7, 11) is 0. The highest BCUT2D eigenvalue weighted by molar-refractivity contribution is 7.22. The number of amides is 1. The fourth-order valence-electron chi connectivity index (χ4n) is 2.94. The number of fused-ring (bicyclic) bond motifs is 1. The molecule has 0 aliphatic heterocycles. The van der Waals surface area contributed by atoms with E-state index in [4.69, 9.17) is 11.6 Å². The van der Waals surface area contributed by atoms with Gasteiger partial charge in [-0.25, -0.2) is 4.98 Å². The standard InChI is InChI=1S/C21H24ClN3OS/c1-4-24(5-2)13-14-25(20(26)16-11-9-15(3)10-12-16)21-23-19-17(22)7-6-8-18(19)27-21/h6-12H,4-5,13-14H2,1-3H3. The van der Waals surface area contributed by atoms with Crippen LogP contribution in [0.15, 0.2) is 42.5 Å². The average molecular weight is 402 g/mol. The van der Waals surface area contributed by atoms with Crippen LogP contribution in [-0.2, 0) is 0 Å². The lowest BCUT2D eigenvalue weighted by atomic mass is 10.1. The molecule has 2 aromatic carbocycles. The van der Waals surface area contributed by atoms with Crippen LogP contribution in [0.5, 0.6) is 0 Å². The smallest absolute Gasteiger partial charge is 0.260 e. The molecule has 0 radical (unpaired) electrons. The van der Waals surface area contributed by atoms with Gasteiger partial charge in [0.15, 0.2) is 5.13 Å². The first kappa shape index (κ1) is 19.8. The summed E-state index contributed by atoms with van der Waals surface area (Å²) in [5, 5.41) is 1.30. The molecule has 142 valence electrons. The molecule has 3 aromatic rings. The normalized spacial score (nSPS) is 11.3.